The fourth-order valence-electron chi connectivity index (χ4n) is 6.96. The van der Waals surface area contributed by atoms with E-state index in [1.165, 1.54) is 10.8 Å². The Morgan fingerprint density at radius 1 is 0.891 bits per heavy atom. The first-order chi connectivity index (χ1) is 21.9. The van der Waals surface area contributed by atoms with Crippen molar-refractivity contribution in [2.75, 3.05) is 0 Å². The molecule has 46 heavy (non-hydrogen) atoms. The van der Waals surface area contributed by atoms with Gasteiger partial charge in [0.25, 0.3) is 11.1 Å². The van der Waals surface area contributed by atoms with Crippen LogP contribution in [0.4, 0.5) is 0 Å². The van der Waals surface area contributed by atoms with Crippen molar-refractivity contribution >= 4 is 0 Å². The largest absolute Gasteiger partial charge is 0.453 e. The van der Waals surface area contributed by atoms with Crippen molar-refractivity contribution in [1.29, 1.82) is 0 Å². The van der Waals surface area contributed by atoms with Crippen molar-refractivity contribution in [1.82, 2.24) is 19.1 Å². The quantitative estimate of drug-likeness (QED) is 0.375. The molecule has 0 amide bonds. The second kappa shape index (κ2) is 13.3. The highest BCUT2D eigenvalue weighted by Crippen LogP contribution is 2.49. The number of aliphatic hydroxyl groups excluding tert-OH is 1. The molecule has 2 aromatic heterocycles. The summed E-state index contributed by atoms with van der Waals surface area (Å²) >= 11 is 0. The fourth-order valence-corrected chi connectivity index (χ4v) is 6.96. The standard InChI is InChI=1S/C20H24N2O4.C14H22N2O4/c1-4-20(5-2)16(24-12-14-9-7-6-8-10-14)15-18(26-20)22-11-13(3)17(23)21-19(22)25-15;1-5-14(6-2)9(4)10(17)12(20-14)16-7-8(3)11(18)15-13(16)19/h6-11,15-16,18H,4-5,12H2,1-3H3;7,9-10,12,17H,5-6H2,1-4H3,(H,15,18,19)/t15?,16-,18-;9-,10?,12-/m11/s1. The molecule has 6 rings (SSSR count). The molecule has 3 aromatic rings. The Morgan fingerprint density at radius 3 is 2.11 bits per heavy atom. The summed E-state index contributed by atoms with van der Waals surface area (Å²) in [6, 6.07) is 10.4. The number of H-pyrrole nitrogens is 1. The van der Waals surface area contributed by atoms with Gasteiger partial charge in [0.2, 0.25) is 0 Å². The van der Waals surface area contributed by atoms with Crippen LogP contribution in [-0.4, -0.2) is 53.7 Å². The number of rotatable bonds is 8. The van der Waals surface area contributed by atoms with Crippen molar-refractivity contribution in [3.05, 3.63) is 90.6 Å². The van der Waals surface area contributed by atoms with Crippen LogP contribution in [0.15, 0.2) is 57.1 Å². The molecule has 0 bridgehead atoms. The number of benzene rings is 1. The molecule has 0 spiro atoms. The van der Waals surface area contributed by atoms with Gasteiger partial charge in [0.15, 0.2) is 18.6 Å². The van der Waals surface area contributed by atoms with Gasteiger partial charge in [0, 0.05) is 29.4 Å². The number of fused-ring (bicyclic) bond motifs is 3. The van der Waals surface area contributed by atoms with Crippen molar-refractivity contribution in [3.63, 3.8) is 0 Å². The van der Waals surface area contributed by atoms with E-state index in [9.17, 15) is 19.5 Å². The predicted octanol–water partition coefficient (Wildman–Crippen LogP) is 3.92. The normalized spacial score (nSPS) is 27.0. The SMILES string of the molecule is CCC1(CC)O[C@@H](n2cc(C)c(=O)[nH]c2=O)C(O)[C@H]1C.CCC1(CC)O[C@@H]2C(Oc3nc(=O)c(C)cn32)[C@H]1OCc1ccccc1. The Morgan fingerprint density at radius 2 is 1.50 bits per heavy atom. The average molecular weight is 639 g/mol. The molecular weight excluding hydrogens is 592 g/mol. The van der Waals surface area contributed by atoms with Crippen LogP contribution in [0.3, 0.4) is 0 Å². The van der Waals surface area contributed by atoms with E-state index in [2.05, 4.69) is 23.8 Å². The Bertz CT molecular complexity index is 1690. The minimum absolute atomic E-state index is 0.0818. The van der Waals surface area contributed by atoms with Crippen LogP contribution in [-0.2, 0) is 20.8 Å². The second-order valence-electron chi connectivity index (χ2n) is 12.5. The molecular formula is C34H46N4O8. The van der Waals surface area contributed by atoms with Crippen LogP contribution in [0.25, 0.3) is 0 Å². The smallest absolute Gasteiger partial charge is 0.330 e. The van der Waals surface area contributed by atoms with E-state index in [1.807, 2.05) is 55.7 Å². The molecule has 3 aliphatic rings. The van der Waals surface area contributed by atoms with Crippen LogP contribution >= 0.6 is 0 Å². The van der Waals surface area contributed by atoms with Crippen LogP contribution in [0, 0.1) is 19.8 Å². The molecule has 1 aromatic carbocycles. The Kier molecular flexibility index (Phi) is 9.74. The van der Waals surface area contributed by atoms with Gasteiger partial charge in [0.05, 0.1) is 12.2 Å². The first-order valence-corrected chi connectivity index (χ1v) is 16.2. The highest BCUT2D eigenvalue weighted by molar-refractivity contribution is 5.18. The number of aryl methyl sites for hydroxylation is 2. The van der Waals surface area contributed by atoms with Gasteiger partial charge in [-0.25, -0.2) is 4.79 Å². The summed E-state index contributed by atoms with van der Waals surface area (Å²) in [4.78, 5) is 41.5. The maximum Gasteiger partial charge on any atom is 0.330 e. The van der Waals surface area contributed by atoms with Gasteiger partial charge in [-0.3, -0.25) is 23.7 Å². The van der Waals surface area contributed by atoms with Crippen LogP contribution < -0.4 is 21.5 Å². The molecule has 2 unspecified atom stereocenters. The Hall–Kier alpha value is -3.58. The van der Waals surface area contributed by atoms with Gasteiger partial charge in [-0.15, -0.1) is 0 Å². The minimum atomic E-state index is -0.780. The molecule has 6 atom stereocenters. The van der Waals surface area contributed by atoms with Gasteiger partial charge in [-0.1, -0.05) is 65.0 Å². The molecule has 2 fully saturated rings. The maximum atomic E-state index is 11.9. The van der Waals surface area contributed by atoms with Gasteiger partial charge in [0.1, 0.15) is 17.8 Å². The third-order valence-corrected chi connectivity index (χ3v) is 10.1. The number of aliphatic hydroxyl groups is 1. The third-order valence-electron chi connectivity index (χ3n) is 10.1. The van der Waals surface area contributed by atoms with Crippen molar-refractivity contribution in [2.24, 2.45) is 5.92 Å². The summed E-state index contributed by atoms with van der Waals surface area (Å²) in [6.45, 7) is 14.0. The first-order valence-electron chi connectivity index (χ1n) is 16.2. The average Bonchev–Trinajstić information content (AvgIpc) is 3.64. The van der Waals surface area contributed by atoms with Gasteiger partial charge >= 0.3 is 11.7 Å². The van der Waals surface area contributed by atoms with E-state index in [1.54, 1.807) is 20.0 Å². The highest BCUT2D eigenvalue weighted by atomic mass is 16.6. The molecule has 12 heteroatoms. The zero-order valence-electron chi connectivity index (χ0n) is 27.7. The lowest BCUT2D eigenvalue weighted by Gasteiger charge is -2.33. The lowest BCUT2D eigenvalue weighted by molar-refractivity contribution is -0.128. The molecule has 5 heterocycles. The molecule has 3 aliphatic heterocycles. The van der Waals surface area contributed by atoms with Crippen LogP contribution in [0.1, 0.15) is 89.4 Å². The first kappa shape index (κ1) is 33.8. The van der Waals surface area contributed by atoms with Crippen molar-refractivity contribution < 1.29 is 24.1 Å². The number of aromatic nitrogens is 4. The highest BCUT2D eigenvalue weighted by Gasteiger charge is 2.59. The third kappa shape index (κ3) is 5.87. The van der Waals surface area contributed by atoms with E-state index < -0.39 is 34.8 Å². The minimum Gasteiger partial charge on any atom is -0.453 e. The molecule has 0 saturated carbocycles. The van der Waals surface area contributed by atoms with Crippen molar-refractivity contribution in [3.8, 4) is 6.01 Å². The van der Waals surface area contributed by atoms with Crippen molar-refractivity contribution in [2.45, 2.75) is 123 Å². The fraction of sp³-hybridized carbons (Fsp3) is 0.588. The molecule has 250 valence electrons. The molecule has 2 saturated heterocycles. The molecule has 0 radical (unpaired) electrons. The zero-order valence-corrected chi connectivity index (χ0v) is 27.7. The van der Waals surface area contributed by atoms with Crippen LogP contribution in [0.5, 0.6) is 6.01 Å². The topological polar surface area (TPSA) is 147 Å². The van der Waals surface area contributed by atoms with Crippen LogP contribution in [0.2, 0.25) is 0 Å². The van der Waals surface area contributed by atoms with E-state index in [4.69, 9.17) is 18.9 Å². The van der Waals surface area contributed by atoms with Gasteiger partial charge in [-0.05, 0) is 45.1 Å². The number of nitrogens with zero attached hydrogens (tertiary/aromatic N) is 3. The van der Waals surface area contributed by atoms with Gasteiger partial charge < -0.3 is 24.1 Å². The molecule has 0 aliphatic carbocycles. The summed E-state index contributed by atoms with van der Waals surface area (Å²) in [5.74, 6) is -0.0818. The monoisotopic (exact) mass is 638 g/mol. The number of nitrogens with one attached hydrogen (secondary N) is 1. The lowest BCUT2D eigenvalue weighted by Crippen LogP contribution is -2.45. The summed E-state index contributed by atoms with van der Waals surface area (Å²) < 4.78 is 28.0. The number of ether oxygens (including phenoxy) is 4. The van der Waals surface area contributed by atoms with E-state index in [0.29, 0.717) is 23.7 Å². The second-order valence-corrected chi connectivity index (χ2v) is 12.5. The lowest BCUT2D eigenvalue weighted by atomic mass is 9.83. The van der Waals surface area contributed by atoms with E-state index in [-0.39, 0.29) is 29.9 Å². The number of hydrogen-bond donors (Lipinski definition) is 2. The Balaban J connectivity index is 0.000000188. The summed E-state index contributed by atoms with van der Waals surface area (Å²) in [6.07, 6.45) is 3.97. The zero-order chi connectivity index (χ0) is 33.4. The predicted molar refractivity (Wildman–Crippen MR) is 171 cm³/mol. The number of hydrogen-bond acceptors (Lipinski definition) is 9. The molecule has 2 N–H and O–H groups in total. The molecule has 12 nitrogen and oxygen atoms in total. The Labute approximate surface area is 268 Å². The number of aromatic amines is 1. The van der Waals surface area contributed by atoms with E-state index >= 15 is 0 Å². The summed E-state index contributed by atoms with van der Waals surface area (Å²) in [5.41, 5.74) is 0.00872. The summed E-state index contributed by atoms with van der Waals surface area (Å²) in [5, 5.41) is 10.4. The maximum absolute atomic E-state index is 11.9. The summed E-state index contributed by atoms with van der Waals surface area (Å²) in [7, 11) is 0. The van der Waals surface area contributed by atoms with Gasteiger partial charge in [-0.2, -0.15) is 4.98 Å². The van der Waals surface area contributed by atoms with E-state index in [0.717, 1.165) is 31.2 Å².